The summed E-state index contributed by atoms with van der Waals surface area (Å²) in [6, 6.07) is 2.22. The second kappa shape index (κ2) is 6.95. The van der Waals surface area contributed by atoms with Crippen molar-refractivity contribution in [2.24, 2.45) is 5.92 Å². The zero-order chi connectivity index (χ0) is 17.3. The Bertz CT molecular complexity index is 598. The molecule has 2 amide bonds. The van der Waals surface area contributed by atoms with E-state index < -0.39 is 0 Å². The van der Waals surface area contributed by atoms with Crippen molar-refractivity contribution in [2.45, 2.75) is 65.0 Å². The average Bonchev–Trinajstić information content (AvgIpc) is 2.93. The van der Waals surface area contributed by atoms with Crippen LogP contribution in [0.3, 0.4) is 0 Å². The maximum atomic E-state index is 12.9. The third-order valence-corrected chi connectivity index (χ3v) is 5.14. The number of nitrogens with zero attached hydrogens (tertiary/aromatic N) is 3. The Hall–Kier alpha value is -1.85. The molecule has 24 heavy (non-hydrogen) atoms. The molecule has 3 rings (SSSR count). The van der Waals surface area contributed by atoms with Crippen molar-refractivity contribution < 1.29 is 14.1 Å². The van der Waals surface area contributed by atoms with Gasteiger partial charge in [0.2, 0.25) is 5.91 Å². The van der Waals surface area contributed by atoms with E-state index in [0.29, 0.717) is 30.6 Å². The van der Waals surface area contributed by atoms with Gasteiger partial charge in [-0.15, -0.1) is 0 Å². The monoisotopic (exact) mass is 333 g/mol. The molecule has 1 aromatic heterocycles. The van der Waals surface area contributed by atoms with Crippen molar-refractivity contribution in [3.8, 4) is 0 Å². The number of rotatable bonds is 4. The van der Waals surface area contributed by atoms with E-state index in [1.165, 1.54) is 19.3 Å². The highest BCUT2D eigenvalue weighted by Crippen LogP contribution is 2.28. The first-order chi connectivity index (χ1) is 11.5. The number of likely N-dealkylation sites (tertiary alicyclic amines) is 1. The van der Waals surface area contributed by atoms with Gasteiger partial charge in [0, 0.05) is 31.2 Å². The van der Waals surface area contributed by atoms with Crippen molar-refractivity contribution in [1.29, 1.82) is 0 Å². The van der Waals surface area contributed by atoms with Crippen LogP contribution in [0, 0.1) is 12.8 Å². The van der Waals surface area contributed by atoms with Crippen molar-refractivity contribution in [1.82, 2.24) is 15.0 Å². The lowest BCUT2D eigenvalue weighted by Crippen LogP contribution is -2.59. The predicted octanol–water partition coefficient (Wildman–Crippen LogP) is 2.62. The van der Waals surface area contributed by atoms with Crippen LogP contribution < -0.4 is 0 Å². The zero-order valence-corrected chi connectivity index (χ0v) is 14.8. The number of carbonyl (C=O) groups excluding carboxylic acids is 2. The standard InChI is InChI=1S/C18H27N3O3/c1-12(2)21(15-7-5-4-6-8-15)17(22)14-10-20(11-14)18(23)16-9-13(3)24-19-16/h9,12,14-15H,4-8,10-11H2,1-3H3. The Morgan fingerprint density at radius 3 is 2.46 bits per heavy atom. The van der Waals surface area contributed by atoms with E-state index in [1.54, 1.807) is 17.9 Å². The van der Waals surface area contributed by atoms with Gasteiger partial charge in [-0.1, -0.05) is 24.4 Å². The minimum absolute atomic E-state index is 0.0775. The fraction of sp³-hybridized carbons (Fsp3) is 0.722. The minimum atomic E-state index is -0.148. The van der Waals surface area contributed by atoms with Crippen LogP contribution in [0.5, 0.6) is 0 Å². The molecular formula is C18H27N3O3. The molecular weight excluding hydrogens is 306 g/mol. The topological polar surface area (TPSA) is 66.7 Å². The van der Waals surface area contributed by atoms with Crippen LogP contribution in [0.2, 0.25) is 0 Å². The van der Waals surface area contributed by atoms with Gasteiger partial charge in [-0.2, -0.15) is 0 Å². The summed E-state index contributed by atoms with van der Waals surface area (Å²) in [6.45, 7) is 6.91. The van der Waals surface area contributed by atoms with E-state index in [9.17, 15) is 9.59 Å². The Morgan fingerprint density at radius 1 is 1.25 bits per heavy atom. The molecule has 2 aliphatic rings. The van der Waals surface area contributed by atoms with Gasteiger partial charge < -0.3 is 14.3 Å². The van der Waals surface area contributed by atoms with Crippen LogP contribution in [0.25, 0.3) is 0 Å². The first-order valence-electron chi connectivity index (χ1n) is 9.02. The fourth-order valence-corrected chi connectivity index (χ4v) is 3.86. The number of hydrogen-bond acceptors (Lipinski definition) is 4. The largest absolute Gasteiger partial charge is 0.361 e. The first-order valence-corrected chi connectivity index (χ1v) is 9.02. The van der Waals surface area contributed by atoms with Gasteiger partial charge in [-0.05, 0) is 33.6 Å². The molecule has 0 N–H and O–H groups in total. The van der Waals surface area contributed by atoms with Crippen LogP contribution in [0.15, 0.2) is 10.6 Å². The summed E-state index contributed by atoms with van der Waals surface area (Å²) in [5, 5.41) is 3.76. The number of aromatic nitrogens is 1. The summed E-state index contributed by atoms with van der Waals surface area (Å²) in [4.78, 5) is 29.0. The highest BCUT2D eigenvalue weighted by molar-refractivity contribution is 5.94. The summed E-state index contributed by atoms with van der Waals surface area (Å²) >= 11 is 0. The SMILES string of the molecule is Cc1cc(C(=O)N2CC(C(=O)N(C(C)C)C3CCCCC3)C2)no1. The van der Waals surface area contributed by atoms with Crippen molar-refractivity contribution in [3.05, 3.63) is 17.5 Å². The molecule has 6 nitrogen and oxygen atoms in total. The third-order valence-electron chi connectivity index (χ3n) is 5.14. The van der Waals surface area contributed by atoms with Crippen molar-refractivity contribution in [3.63, 3.8) is 0 Å². The van der Waals surface area contributed by atoms with Gasteiger partial charge in [0.1, 0.15) is 5.76 Å². The quantitative estimate of drug-likeness (QED) is 0.849. The minimum Gasteiger partial charge on any atom is -0.361 e. The molecule has 1 aromatic rings. The molecule has 132 valence electrons. The molecule has 0 bridgehead atoms. The van der Waals surface area contributed by atoms with Crippen molar-refractivity contribution in [2.75, 3.05) is 13.1 Å². The molecule has 6 heteroatoms. The van der Waals surface area contributed by atoms with Crippen LogP contribution in [0.1, 0.15) is 62.2 Å². The molecule has 2 fully saturated rings. The molecule has 2 heterocycles. The maximum absolute atomic E-state index is 12.9. The second-order valence-electron chi connectivity index (χ2n) is 7.36. The van der Waals surface area contributed by atoms with E-state index in [0.717, 1.165) is 12.8 Å². The normalized spacial score (nSPS) is 19.4. The second-order valence-corrected chi connectivity index (χ2v) is 7.36. The highest BCUT2D eigenvalue weighted by atomic mass is 16.5. The molecule has 0 spiro atoms. The third kappa shape index (κ3) is 3.32. The van der Waals surface area contributed by atoms with Gasteiger partial charge in [0.25, 0.3) is 5.91 Å². The number of amides is 2. The summed E-state index contributed by atoms with van der Waals surface area (Å²) in [6.07, 6.45) is 5.92. The average molecular weight is 333 g/mol. The zero-order valence-electron chi connectivity index (χ0n) is 14.8. The Kier molecular flexibility index (Phi) is 4.92. The smallest absolute Gasteiger partial charge is 0.276 e. The van der Waals surface area contributed by atoms with Gasteiger partial charge in [-0.25, -0.2) is 0 Å². The summed E-state index contributed by atoms with van der Waals surface area (Å²) < 4.78 is 4.96. The van der Waals surface area contributed by atoms with Crippen LogP contribution in [-0.4, -0.2) is 51.9 Å². The van der Waals surface area contributed by atoms with Crippen LogP contribution >= 0.6 is 0 Å². The van der Waals surface area contributed by atoms with Gasteiger partial charge in [0.15, 0.2) is 5.69 Å². The van der Waals surface area contributed by atoms with E-state index >= 15 is 0 Å². The van der Waals surface area contributed by atoms with E-state index in [-0.39, 0.29) is 23.8 Å². The highest BCUT2D eigenvalue weighted by Gasteiger charge is 2.41. The lowest BCUT2D eigenvalue weighted by atomic mass is 9.90. The predicted molar refractivity (Wildman–Crippen MR) is 89.5 cm³/mol. The number of carbonyl (C=O) groups is 2. The first kappa shape index (κ1) is 17.0. The lowest BCUT2D eigenvalue weighted by molar-refractivity contribution is -0.145. The molecule has 0 atom stereocenters. The van der Waals surface area contributed by atoms with Crippen LogP contribution in [0.4, 0.5) is 0 Å². The molecule has 1 aliphatic carbocycles. The molecule has 1 saturated heterocycles. The Labute approximate surface area is 143 Å². The molecule has 0 radical (unpaired) electrons. The Morgan fingerprint density at radius 2 is 1.92 bits per heavy atom. The molecule has 1 aliphatic heterocycles. The number of hydrogen-bond donors (Lipinski definition) is 0. The maximum Gasteiger partial charge on any atom is 0.276 e. The number of aryl methyl sites for hydroxylation is 1. The van der Waals surface area contributed by atoms with Crippen LogP contribution in [-0.2, 0) is 4.79 Å². The van der Waals surface area contributed by atoms with E-state index in [4.69, 9.17) is 4.52 Å². The van der Waals surface area contributed by atoms with E-state index in [1.807, 2.05) is 0 Å². The van der Waals surface area contributed by atoms with Gasteiger partial charge in [-0.3, -0.25) is 9.59 Å². The van der Waals surface area contributed by atoms with E-state index in [2.05, 4.69) is 23.9 Å². The molecule has 0 aromatic carbocycles. The van der Waals surface area contributed by atoms with Crippen molar-refractivity contribution >= 4 is 11.8 Å². The molecule has 0 unspecified atom stereocenters. The summed E-state index contributed by atoms with van der Waals surface area (Å²) in [5.41, 5.74) is 0.325. The lowest BCUT2D eigenvalue weighted by Gasteiger charge is -2.44. The summed E-state index contributed by atoms with van der Waals surface area (Å²) in [5.74, 6) is 0.600. The van der Waals surface area contributed by atoms with Gasteiger partial charge >= 0.3 is 0 Å². The van der Waals surface area contributed by atoms with Gasteiger partial charge in [0.05, 0.1) is 5.92 Å². The molecule has 1 saturated carbocycles. The Balaban J connectivity index is 1.59. The fourth-order valence-electron chi connectivity index (χ4n) is 3.86. The summed E-state index contributed by atoms with van der Waals surface area (Å²) in [7, 11) is 0.